The molecule has 0 saturated heterocycles. The summed E-state index contributed by atoms with van der Waals surface area (Å²) in [5, 5.41) is 7.10. The van der Waals surface area contributed by atoms with E-state index in [0.717, 1.165) is 15.6 Å². The monoisotopic (exact) mass is 389 g/mol. The molecular formula is C13H17Br2N3O. The molecule has 0 atom stereocenters. The van der Waals surface area contributed by atoms with E-state index in [-0.39, 0.29) is 12.5 Å². The maximum Gasteiger partial charge on any atom is 0.241 e. The second-order valence-corrected chi connectivity index (χ2v) is 6.28. The molecule has 0 fully saturated rings. The predicted molar refractivity (Wildman–Crippen MR) is 81.8 cm³/mol. The maximum atomic E-state index is 11.8. The topological polar surface area (TPSA) is 46.9 Å². The van der Waals surface area contributed by atoms with Crippen LogP contribution in [-0.4, -0.2) is 22.2 Å². The van der Waals surface area contributed by atoms with E-state index in [1.165, 1.54) is 31.3 Å². The van der Waals surface area contributed by atoms with Gasteiger partial charge in [-0.15, -0.1) is 0 Å². The molecule has 1 aromatic heterocycles. The molecule has 1 N–H and O–H groups in total. The molecule has 104 valence electrons. The zero-order valence-corrected chi connectivity index (χ0v) is 13.8. The number of hydrogen-bond acceptors (Lipinski definition) is 2. The Morgan fingerprint density at radius 1 is 1.42 bits per heavy atom. The van der Waals surface area contributed by atoms with Gasteiger partial charge in [-0.3, -0.25) is 4.79 Å². The third kappa shape index (κ3) is 4.76. The molecule has 1 aliphatic carbocycles. The Balaban J connectivity index is 1.72. The molecule has 4 nitrogen and oxygen atoms in total. The molecule has 0 aromatic carbocycles. The summed E-state index contributed by atoms with van der Waals surface area (Å²) in [5.74, 6) is -0.00675. The van der Waals surface area contributed by atoms with E-state index in [4.69, 9.17) is 0 Å². The van der Waals surface area contributed by atoms with Gasteiger partial charge in [0.15, 0.2) is 0 Å². The lowest BCUT2D eigenvalue weighted by molar-refractivity contribution is -0.121. The van der Waals surface area contributed by atoms with Crippen molar-refractivity contribution in [1.29, 1.82) is 0 Å². The lowest BCUT2D eigenvalue weighted by Crippen LogP contribution is -2.29. The number of nitrogens with one attached hydrogen (secondary N) is 1. The Hall–Kier alpha value is -0.620. The molecule has 0 spiro atoms. The molecule has 1 amide bonds. The number of allylic oxidation sites excluding steroid dienone is 1. The molecule has 0 radical (unpaired) electrons. The molecule has 1 aromatic rings. The van der Waals surface area contributed by atoms with Crippen molar-refractivity contribution in [2.75, 3.05) is 6.54 Å². The summed E-state index contributed by atoms with van der Waals surface area (Å²) in [6.07, 6.45) is 8.25. The number of nitrogens with zero attached hydrogens (tertiary/aromatic N) is 2. The highest BCUT2D eigenvalue weighted by molar-refractivity contribution is 9.11. The van der Waals surface area contributed by atoms with E-state index in [1.807, 2.05) is 6.07 Å². The van der Waals surface area contributed by atoms with Crippen LogP contribution in [0.2, 0.25) is 0 Å². The Labute approximate surface area is 129 Å². The highest BCUT2D eigenvalue weighted by Gasteiger charge is 2.09. The second-order valence-electron chi connectivity index (χ2n) is 4.66. The van der Waals surface area contributed by atoms with Crippen molar-refractivity contribution >= 4 is 37.8 Å². The molecule has 1 heterocycles. The van der Waals surface area contributed by atoms with Gasteiger partial charge in [-0.25, -0.2) is 4.68 Å². The second kappa shape index (κ2) is 7.24. The largest absolute Gasteiger partial charge is 0.354 e. The fourth-order valence-electron chi connectivity index (χ4n) is 2.16. The Morgan fingerprint density at radius 3 is 2.89 bits per heavy atom. The van der Waals surface area contributed by atoms with Crippen molar-refractivity contribution in [1.82, 2.24) is 15.1 Å². The van der Waals surface area contributed by atoms with Crippen LogP contribution in [0.4, 0.5) is 0 Å². The van der Waals surface area contributed by atoms with Crippen LogP contribution >= 0.6 is 31.9 Å². The standard InChI is InChI=1S/C13H17Br2N3O/c14-11-8-12(15)18(17-11)9-13(19)16-7-6-10-4-2-1-3-5-10/h4,8H,1-3,5-7,9H2,(H,16,19). The predicted octanol–water partition coefficient (Wildman–Crippen LogP) is 3.41. The summed E-state index contributed by atoms with van der Waals surface area (Å²) in [6, 6.07) is 1.82. The molecule has 0 aliphatic heterocycles. The van der Waals surface area contributed by atoms with Gasteiger partial charge >= 0.3 is 0 Å². The highest BCUT2D eigenvalue weighted by atomic mass is 79.9. The van der Waals surface area contributed by atoms with Gasteiger partial charge in [0.05, 0.1) is 0 Å². The number of halogens is 2. The maximum absolute atomic E-state index is 11.8. The van der Waals surface area contributed by atoms with Crippen LogP contribution in [0.15, 0.2) is 26.9 Å². The number of carbonyl (C=O) groups excluding carboxylic acids is 1. The Morgan fingerprint density at radius 2 is 2.26 bits per heavy atom. The molecule has 6 heteroatoms. The van der Waals surface area contributed by atoms with Gasteiger partial charge in [0.2, 0.25) is 5.91 Å². The van der Waals surface area contributed by atoms with Gasteiger partial charge in [0, 0.05) is 12.6 Å². The first kappa shape index (κ1) is 14.8. The fourth-order valence-corrected chi connectivity index (χ4v) is 3.30. The minimum Gasteiger partial charge on any atom is -0.354 e. The van der Waals surface area contributed by atoms with Crippen molar-refractivity contribution < 1.29 is 4.79 Å². The smallest absolute Gasteiger partial charge is 0.241 e. The lowest BCUT2D eigenvalue weighted by Gasteiger charge is -2.13. The number of rotatable bonds is 5. The summed E-state index contributed by atoms with van der Waals surface area (Å²) in [6.45, 7) is 0.954. The number of carbonyl (C=O) groups is 1. The van der Waals surface area contributed by atoms with Crippen LogP contribution in [0.25, 0.3) is 0 Å². The minimum atomic E-state index is -0.00675. The third-order valence-corrected chi connectivity index (χ3v) is 4.17. The summed E-state index contributed by atoms with van der Waals surface area (Å²) < 4.78 is 3.14. The van der Waals surface area contributed by atoms with Crippen molar-refractivity contribution in [3.05, 3.63) is 26.9 Å². The van der Waals surface area contributed by atoms with E-state index in [1.54, 1.807) is 4.68 Å². The summed E-state index contributed by atoms with van der Waals surface area (Å²) in [7, 11) is 0. The summed E-state index contributed by atoms with van der Waals surface area (Å²) in [4.78, 5) is 11.8. The van der Waals surface area contributed by atoms with E-state index < -0.39 is 0 Å². The highest BCUT2D eigenvalue weighted by Crippen LogP contribution is 2.19. The van der Waals surface area contributed by atoms with Gasteiger partial charge in [-0.1, -0.05) is 11.6 Å². The van der Waals surface area contributed by atoms with Gasteiger partial charge < -0.3 is 5.32 Å². The zero-order chi connectivity index (χ0) is 13.7. The third-order valence-electron chi connectivity index (χ3n) is 3.15. The number of aromatic nitrogens is 2. The first-order valence-corrected chi connectivity index (χ1v) is 8.07. The van der Waals surface area contributed by atoms with Crippen LogP contribution < -0.4 is 5.32 Å². The first-order chi connectivity index (χ1) is 9.15. The van der Waals surface area contributed by atoms with E-state index in [2.05, 4.69) is 48.4 Å². The van der Waals surface area contributed by atoms with Crippen molar-refractivity contribution in [3.63, 3.8) is 0 Å². The molecule has 2 rings (SSSR count). The van der Waals surface area contributed by atoms with Crippen molar-refractivity contribution in [3.8, 4) is 0 Å². The minimum absolute atomic E-state index is 0.00675. The zero-order valence-electron chi connectivity index (χ0n) is 10.7. The Kier molecular flexibility index (Phi) is 5.63. The number of amides is 1. The van der Waals surface area contributed by atoms with Gasteiger partial charge in [-0.05, 0) is 64.0 Å². The first-order valence-electron chi connectivity index (χ1n) is 6.48. The van der Waals surface area contributed by atoms with Crippen LogP contribution in [0.3, 0.4) is 0 Å². The van der Waals surface area contributed by atoms with Crippen LogP contribution in [0.5, 0.6) is 0 Å². The Bertz CT molecular complexity index is 482. The average molecular weight is 391 g/mol. The van der Waals surface area contributed by atoms with Gasteiger partial charge in [0.25, 0.3) is 0 Å². The SMILES string of the molecule is O=C(Cn1nc(Br)cc1Br)NCCC1=CCCCC1. The van der Waals surface area contributed by atoms with Crippen molar-refractivity contribution in [2.24, 2.45) is 0 Å². The van der Waals surface area contributed by atoms with Crippen molar-refractivity contribution in [2.45, 2.75) is 38.6 Å². The van der Waals surface area contributed by atoms with E-state index >= 15 is 0 Å². The van der Waals surface area contributed by atoms with Crippen LogP contribution in [0, 0.1) is 0 Å². The summed E-state index contributed by atoms with van der Waals surface area (Å²) >= 11 is 6.63. The normalized spacial score (nSPS) is 15.2. The average Bonchev–Trinajstić information content (AvgIpc) is 2.69. The molecule has 1 aliphatic rings. The van der Waals surface area contributed by atoms with E-state index in [0.29, 0.717) is 6.54 Å². The fraction of sp³-hybridized carbons (Fsp3) is 0.538. The van der Waals surface area contributed by atoms with Gasteiger partial charge in [-0.2, -0.15) is 5.10 Å². The lowest BCUT2D eigenvalue weighted by atomic mass is 9.97. The molecule has 19 heavy (non-hydrogen) atoms. The van der Waals surface area contributed by atoms with Gasteiger partial charge in [0.1, 0.15) is 15.8 Å². The quantitative estimate of drug-likeness (QED) is 0.783. The molecule has 0 bridgehead atoms. The summed E-state index contributed by atoms with van der Waals surface area (Å²) in [5.41, 5.74) is 1.48. The number of hydrogen-bond donors (Lipinski definition) is 1. The van der Waals surface area contributed by atoms with E-state index in [9.17, 15) is 4.79 Å². The molecule has 0 saturated carbocycles. The van der Waals surface area contributed by atoms with Crippen LogP contribution in [-0.2, 0) is 11.3 Å². The molecular weight excluding hydrogens is 374 g/mol. The van der Waals surface area contributed by atoms with Crippen LogP contribution in [0.1, 0.15) is 32.1 Å². The molecule has 0 unspecified atom stereocenters.